The third-order valence-electron chi connectivity index (χ3n) is 4.33. The van der Waals surface area contributed by atoms with Gasteiger partial charge in [0.2, 0.25) is 0 Å². The number of aryl methyl sites for hydroxylation is 1. The first-order chi connectivity index (χ1) is 8.34. The predicted molar refractivity (Wildman–Crippen MR) is 73.7 cm³/mol. The highest BCUT2D eigenvalue weighted by atomic mass is 15.1. The summed E-state index contributed by atoms with van der Waals surface area (Å²) in [7, 11) is 0. The minimum atomic E-state index is 0.629. The number of fused-ring (bicyclic) bond motifs is 1. The molecule has 17 heavy (non-hydrogen) atoms. The van der Waals surface area contributed by atoms with Crippen LogP contribution in [0.5, 0.6) is 0 Å². The third-order valence-corrected chi connectivity index (χ3v) is 4.33. The number of hydrogen-bond donors (Lipinski definition) is 2. The molecule has 2 nitrogen and oxygen atoms in total. The molecule has 0 spiro atoms. The Morgan fingerprint density at radius 2 is 1.94 bits per heavy atom. The Balaban J connectivity index is 1.77. The van der Waals surface area contributed by atoms with Gasteiger partial charge in [-0.2, -0.15) is 0 Å². The predicted octanol–water partition coefficient (Wildman–Crippen LogP) is 3.78. The second-order valence-corrected chi connectivity index (χ2v) is 5.53. The van der Waals surface area contributed by atoms with Gasteiger partial charge in [-0.1, -0.05) is 31.4 Å². The van der Waals surface area contributed by atoms with Crippen LogP contribution in [0.15, 0.2) is 18.2 Å². The molecule has 2 heteroatoms. The number of hydrogen-bond acceptors (Lipinski definition) is 2. The second kappa shape index (κ2) is 4.59. The molecule has 0 amide bonds. The van der Waals surface area contributed by atoms with Crippen molar-refractivity contribution in [1.82, 2.24) is 0 Å². The monoisotopic (exact) mass is 230 g/mol. The molecule has 3 rings (SSSR count). The number of rotatable bonds is 1. The molecule has 92 valence electrons. The highest BCUT2D eigenvalue weighted by Crippen LogP contribution is 2.34. The fourth-order valence-corrected chi connectivity index (χ4v) is 3.28. The van der Waals surface area contributed by atoms with Crippen molar-refractivity contribution in [2.45, 2.75) is 45.1 Å². The minimum absolute atomic E-state index is 0.629. The summed E-state index contributed by atoms with van der Waals surface area (Å²) in [4.78, 5) is 0. The topological polar surface area (TPSA) is 24.1 Å². The first-order valence-corrected chi connectivity index (χ1v) is 6.94. The van der Waals surface area contributed by atoms with E-state index in [4.69, 9.17) is 0 Å². The molecule has 1 aromatic carbocycles. The Labute approximate surface area is 104 Å². The Morgan fingerprint density at radius 1 is 1.12 bits per heavy atom. The number of benzene rings is 1. The molecule has 1 aliphatic carbocycles. The molecule has 2 N–H and O–H groups in total. The molecule has 0 saturated heterocycles. The first kappa shape index (κ1) is 10.9. The van der Waals surface area contributed by atoms with Gasteiger partial charge in [0.05, 0.1) is 11.4 Å². The van der Waals surface area contributed by atoms with Gasteiger partial charge < -0.3 is 10.6 Å². The summed E-state index contributed by atoms with van der Waals surface area (Å²) in [5.74, 6) is 0.865. The van der Waals surface area contributed by atoms with Crippen LogP contribution in [0.1, 0.15) is 37.7 Å². The van der Waals surface area contributed by atoms with Gasteiger partial charge in [-0.3, -0.25) is 0 Å². The Kier molecular flexibility index (Phi) is 2.96. The van der Waals surface area contributed by atoms with Crippen molar-refractivity contribution in [2.75, 3.05) is 17.2 Å². The second-order valence-electron chi connectivity index (χ2n) is 5.53. The fourth-order valence-electron chi connectivity index (χ4n) is 3.28. The molecule has 1 atom stereocenters. The van der Waals surface area contributed by atoms with Crippen LogP contribution >= 0.6 is 0 Å². The normalized spacial score (nSPS) is 24.6. The quantitative estimate of drug-likeness (QED) is 0.767. The fraction of sp³-hybridized carbons (Fsp3) is 0.600. The summed E-state index contributed by atoms with van der Waals surface area (Å²) >= 11 is 0. The highest BCUT2D eigenvalue weighted by Gasteiger charge is 2.27. The van der Waals surface area contributed by atoms with Gasteiger partial charge in [0, 0.05) is 12.6 Å². The molecular weight excluding hydrogens is 208 g/mol. The number of anilines is 2. The van der Waals surface area contributed by atoms with Gasteiger partial charge in [-0.05, 0) is 37.3 Å². The average molecular weight is 230 g/mol. The van der Waals surface area contributed by atoms with E-state index in [-0.39, 0.29) is 0 Å². The van der Waals surface area contributed by atoms with E-state index in [1.807, 2.05) is 0 Å². The van der Waals surface area contributed by atoms with Crippen molar-refractivity contribution >= 4 is 11.4 Å². The van der Waals surface area contributed by atoms with E-state index in [0.29, 0.717) is 6.04 Å². The van der Waals surface area contributed by atoms with Crippen LogP contribution in [-0.4, -0.2) is 12.6 Å². The Hall–Kier alpha value is -1.18. The van der Waals surface area contributed by atoms with Gasteiger partial charge in [-0.25, -0.2) is 0 Å². The number of para-hydroxylation sites is 1. The molecule has 0 radical (unpaired) electrons. The molecule has 1 aromatic rings. The molecular formula is C15H22N2. The van der Waals surface area contributed by atoms with E-state index in [1.165, 1.54) is 49.0 Å². The standard InChI is InChI=1S/C15H22N2/c1-11-6-5-9-13-15(11)17-14(10-16-13)12-7-3-2-4-8-12/h5-6,9,12,14,16-17H,2-4,7-8,10H2,1H3. The molecule has 1 unspecified atom stereocenters. The molecule has 1 heterocycles. The summed E-state index contributed by atoms with van der Waals surface area (Å²) in [6, 6.07) is 7.12. The summed E-state index contributed by atoms with van der Waals surface area (Å²) in [5.41, 5.74) is 3.96. The van der Waals surface area contributed by atoms with Crippen LogP contribution in [-0.2, 0) is 0 Å². The lowest BCUT2D eigenvalue weighted by atomic mass is 9.83. The van der Waals surface area contributed by atoms with Crippen molar-refractivity contribution in [3.8, 4) is 0 Å². The van der Waals surface area contributed by atoms with E-state index >= 15 is 0 Å². The van der Waals surface area contributed by atoms with Gasteiger partial charge in [-0.15, -0.1) is 0 Å². The van der Waals surface area contributed by atoms with Crippen molar-refractivity contribution in [3.63, 3.8) is 0 Å². The van der Waals surface area contributed by atoms with Gasteiger partial charge in [0.15, 0.2) is 0 Å². The van der Waals surface area contributed by atoms with Crippen molar-refractivity contribution in [3.05, 3.63) is 23.8 Å². The first-order valence-electron chi connectivity index (χ1n) is 6.94. The maximum absolute atomic E-state index is 3.77. The van der Waals surface area contributed by atoms with Gasteiger partial charge >= 0.3 is 0 Å². The highest BCUT2D eigenvalue weighted by molar-refractivity contribution is 5.74. The Morgan fingerprint density at radius 3 is 2.76 bits per heavy atom. The lowest BCUT2D eigenvalue weighted by Crippen LogP contribution is -2.40. The zero-order chi connectivity index (χ0) is 11.7. The lowest BCUT2D eigenvalue weighted by Gasteiger charge is -2.36. The molecule has 1 fully saturated rings. The van der Waals surface area contributed by atoms with E-state index in [2.05, 4.69) is 35.8 Å². The summed E-state index contributed by atoms with van der Waals surface area (Å²) in [6.45, 7) is 3.28. The molecule has 2 aliphatic rings. The maximum atomic E-state index is 3.77. The maximum Gasteiger partial charge on any atom is 0.0608 e. The summed E-state index contributed by atoms with van der Waals surface area (Å²) in [5, 5.41) is 7.36. The van der Waals surface area contributed by atoms with Gasteiger partial charge in [0.25, 0.3) is 0 Å². The zero-order valence-corrected chi connectivity index (χ0v) is 10.6. The largest absolute Gasteiger partial charge is 0.381 e. The third kappa shape index (κ3) is 2.13. The van der Waals surface area contributed by atoms with Crippen LogP contribution < -0.4 is 10.6 Å². The smallest absolute Gasteiger partial charge is 0.0608 e. The summed E-state index contributed by atoms with van der Waals surface area (Å²) < 4.78 is 0. The van der Waals surface area contributed by atoms with E-state index < -0.39 is 0 Å². The van der Waals surface area contributed by atoms with E-state index in [0.717, 1.165) is 12.5 Å². The molecule has 0 aromatic heterocycles. The van der Waals surface area contributed by atoms with Crippen molar-refractivity contribution in [2.24, 2.45) is 5.92 Å². The molecule has 1 saturated carbocycles. The van der Waals surface area contributed by atoms with Crippen molar-refractivity contribution < 1.29 is 0 Å². The van der Waals surface area contributed by atoms with Crippen molar-refractivity contribution in [1.29, 1.82) is 0 Å². The SMILES string of the molecule is Cc1cccc2c1NC(C1CCCCC1)CN2. The number of nitrogens with one attached hydrogen (secondary N) is 2. The van der Waals surface area contributed by atoms with Crippen LogP contribution in [0.3, 0.4) is 0 Å². The van der Waals surface area contributed by atoms with Gasteiger partial charge in [0.1, 0.15) is 0 Å². The summed E-state index contributed by atoms with van der Waals surface area (Å²) in [6.07, 6.45) is 7.08. The van der Waals surface area contributed by atoms with Crippen LogP contribution in [0.4, 0.5) is 11.4 Å². The zero-order valence-electron chi connectivity index (χ0n) is 10.6. The lowest BCUT2D eigenvalue weighted by molar-refractivity contribution is 0.322. The minimum Gasteiger partial charge on any atom is -0.381 e. The molecule has 1 aliphatic heterocycles. The Bertz CT molecular complexity index is 394. The van der Waals surface area contributed by atoms with Crippen LogP contribution in [0, 0.1) is 12.8 Å². The van der Waals surface area contributed by atoms with Crippen LogP contribution in [0.2, 0.25) is 0 Å². The van der Waals surface area contributed by atoms with E-state index in [1.54, 1.807) is 0 Å². The average Bonchev–Trinajstić information content (AvgIpc) is 2.40. The van der Waals surface area contributed by atoms with E-state index in [9.17, 15) is 0 Å². The van der Waals surface area contributed by atoms with Crippen LogP contribution in [0.25, 0.3) is 0 Å². The molecule has 0 bridgehead atoms.